The predicted octanol–water partition coefficient (Wildman–Crippen LogP) is 7.76. The smallest absolute Gasteiger partial charge is 0.137 e. The number of Topliss-reactive ketones (excluding diaryl/α,β-unsaturated/α-hetero) is 1. The second kappa shape index (κ2) is 7.69. The average Bonchev–Trinajstić information content (AvgIpc) is 2.92. The quantitative estimate of drug-likeness (QED) is 0.444. The van der Waals surface area contributed by atoms with Gasteiger partial charge in [0, 0.05) is 12.3 Å². The molecule has 0 aliphatic heterocycles. The second-order valence-electron chi connectivity index (χ2n) is 12.1. The summed E-state index contributed by atoms with van der Waals surface area (Å²) >= 11 is 0. The number of hydrogen-bond donors (Lipinski definition) is 0. The first kappa shape index (κ1) is 21.4. The van der Waals surface area contributed by atoms with Crippen LogP contribution in [0.5, 0.6) is 0 Å². The van der Waals surface area contributed by atoms with E-state index >= 15 is 0 Å². The van der Waals surface area contributed by atoms with Crippen LogP contribution in [0.3, 0.4) is 0 Å². The molecule has 0 N–H and O–H groups in total. The van der Waals surface area contributed by atoms with Gasteiger partial charge >= 0.3 is 0 Å². The molecule has 0 heterocycles. The van der Waals surface area contributed by atoms with E-state index in [2.05, 4.69) is 53.7 Å². The van der Waals surface area contributed by atoms with Gasteiger partial charge in [0.05, 0.1) is 0 Å². The zero-order valence-electron chi connectivity index (χ0n) is 19.9. The number of allylic oxidation sites excluding steroid dienone is 4. The Morgan fingerprint density at radius 2 is 1.93 bits per heavy atom. The van der Waals surface area contributed by atoms with E-state index < -0.39 is 0 Å². The zero-order chi connectivity index (χ0) is 21.0. The average molecular weight is 397 g/mol. The van der Waals surface area contributed by atoms with Crippen molar-refractivity contribution in [3.05, 3.63) is 23.3 Å². The number of carbonyl (C=O) groups is 1. The lowest BCUT2D eigenvalue weighted by atomic mass is 9.46. The number of hydrogen-bond acceptors (Lipinski definition) is 1. The summed E-state index contributed by atoms with van der Waals surface area (Å²) < 4.78 is 0. The van der Waals surface area contributed by atoms with Crippen LogP contribution in [0.2, 0.25) is 0 Å². The third-order valence-corrected chi connectivity index (χ3v) is 10.0. The van der Waals surface area contributed by atoms with Crippen molar-refractivity contribution in [1.29, 1.82) is 0 Å². The summed E-state index contributed by atoms with van der Waals surface area (Å²) in [6.45, 7) is 14.2. The molecule has 4 aliphatic carbocycles. The topological polar surface area (TPSA) is 17.1 Å². The highest BCUT2D eigenvalue weighted by Gasteiger charge is 2.61. The fourth-order valence-corrected chi connectivity index (χ4v) is 8.44. The summed E-state index contributed by atoms with van der Waals surface area (Å²) in [5, 5.41) is 0. The third-order valence-electron chi connectivity index (χ3n) is 10.0. The van der Waals surface area contributed by atoms with Crippen LogP contribution in [0.25, 0.3) is 0 Å². The zero-order valence-corrected chi connectivity index (χ0v) is 19.9. The number of carbonyl (C=O) groups excluding carboxylic acids is 1. The fraction of sp³-hybridized carbons (Fsp3) is 0.821. The highest BCUT2D eigenvalue weighted by Crippen LogP contribution is 2.66. The van der Waals surface area contributed by atoms with Gasteiger partial charge in [-0.25, -0.2) is 0 Å². The molecule has 0 aromatic rings. The summed E-state index contributed by atoms with van der Waals surface area (Å²) in [7, 11) is 0. The number of fused-ring (bicyclic) bond motifs is 5. The molecule has 3 saturated carbocycles. The van der Waals surface area contributed by atoms with Crippen LogP contribution in [0.15, 0.2) is 23.3 Å². The molecule has 0 aromatic carbocycles. The van der Waals surface area contributed by atoms with Crippen molar-refractivity contribution in [3.8, 4) is 0 Å². The van der Waals surface area contributed by atoms with Crippen LogP contribution >= 0.6 is 0 Å². The van der Waals surface area contributed by atoms with Gasteiger partial charge in [-0.15, -0.1) is 0 Å². The van der Waals surface area contributed by atoms with E-state index in [9.17, 15) is 4.79 Å². The fourth-order valence-electron chi connectivity index (χ4n) is 8.44. The van der Waals surface area contributed by atoms with E-state index in [1.54, 1.807) is 5.57 Å². The minimum Gasteiger partial charge on any atom is -0.299 e. The Balaban J connectivity index is 1.56. The van der Waals surface area contributed by atoms with Gasteiger partial charge in [0.2, 0.25) is 0 Å². The van der Waals surface area contributed by atoms with Gasteiger partial charge in [-0.05, 0) is 106 Å². The van der Waals surface area contributed by atoms with Crippen molar-refractivity contribution in [1.82, 2.24) is 0 Å². The van der Waals surface area contributed by atoms with E-state index in [0.29, 0.717) is 29.0 Å². The van der Waals surface area contributed by atoms with E-state index in [1.165, 1.54) is 44.1 Å². The van der Waals surface area contributed by atoms with Crippen molar-refractivity contribution in [3.63, 3.8) is 0 Å². The van der Waals surface area contributed by atoms with Gasteiger partial charge in [0.1, 0.15) is 5.78 Å². The van der Waals surface area contributed by atoms with E-state index in [4.69, 9.17) is 0 Å². The minimum atomic E-state index is 0.242. The number of rotatable bonds is 4. The second-order valence-corrected chi connectivity index (χ2v) is 12.1. The predicted molar refractivity (Wildman–Crippen MR) is 123 cm³/mol. The Hall–Kier alpha value is -0.850. The van der Waals surface area contributed by atoms with Gasteiger partial charge < -0.3 is 0 Å². The van der Waals surface area contributed by atoms with Crippen molar-refractivity contribution in [2.24, 2.45) is 46.3 Å². The van der Waals surface area contributed by atoms with Crippen LogP contribution in [0, 0.1) is 46.3 Å². The summed E-state index contributed by atoms with van der Waals surface area (Å²) in [6, 6.07) is 0. The molecule has 29 heavy (non-hydrogen) atoms. The lowest BCUT2D eigenvalue weighted by Gasteiger charge is -2.58. The van der Waals surface area contributed by atoms with Crippen LogP contribution in [0.1, 0.15) is 99.3 Å². The normalized spacial score (nSPS) is 45.0. The maximum absolute atomic E-state index is 13.3. The summed E-state index contributed by atoms with van der Waals surface area (Å²) in [6.07, 6.45) is 16.1. The van der Waals surface area contributed by atoms with E-state index in [1.807, 2.05) is 0 Å². The molecule has 0 aromatic heterocycles. The maximum atomic E-state index is 13.3. The lowest BCUT2D eigenvalue weighted by Crippen LogP contribution is -2.50. The maximum Gasteiger partial charge on any atom is 0.137 e. The van der Waals surface area contributed by atoms with E-state index in [-0.39, 0.29) is 5.41 Å². The summed E-state index contributed by atoms with van der Waals surface area (Å²) in [5.41, 5.74) is 3.84. The lowest BCUT2D eigenvalue weighted by molar-refractivity contribution is -0.124. The summed E-state index contributed by atoms with van der Waals surface area (Å²) in [5.74, 6) is 4.46. The van der Waals surface area contributed by atoms with Crippen LogP contribution in [-0.4, -0.2) is 5.78 Å². The Labute approximate surface area is 179 Å². The Morgan fingerprint density at radius 1 is 1.17 bits per heavy atom. The largest absolute Gasteiger partial charge is 0.299 e. The van der Waals surface area contributed by atoms with Gasteiger partial charge in [-0.3, -0.25) is 4.79 Å². The molecule has 3 fully saturated rings. The molecular weight excluding hydrogens is 352 g/mol. The first-order valence-corrected chi connectivity index (χ1v) is 12.5. The van der Waals surface area contributed by atoms with Crippen molar-refractivity contribution in [2.75, 3.05) is 0 Å². The molecule has 8 atom stereocenters. The highest BCUT2D eigenvalue weighted by molar-refractivity contribution is 5.85. The number of ketones is 1. The van der Waals surface area contributed by atoms with Crippen LogP contribution in [0.4, 0.5) is 0 Å². The van der Waals surface area contributed by atoms with Crippen molar-refractivity contribution < 1.29 is 4.79 Å². The van der Waals surface area contributed by atoms with Crippen LogP contribution in [-0.2, 0) is 4.79 Å². The molecule has 0 bridgehead atoms. The van der Waals surface area contributed by atoms with Gasteiger partial charge in [-0.2, -0.15) is 0 Å². The first-order chi connectivity index (χ1) is 13.7. The molecule has 1 nitrogen and oxygen atoms in total. The molecule has 0 radical (unpaired) electrons. The molecule has 0 saturated heterocycles. The third kappa shape index (κ3) is 3.49. The monoisotopic (exact) mass is 396 g/mol. The molecular formula is C28H44O. The van der Waals surface area contributed by atoms with Crippen molar-refractivity contribution >= 4 is 5.78 Å². The molecule has 0 spiro atoms. The SMILES string of the molecule is CC(C)=CCC[C@@H](C)[C@H]1C(=O)C[C@H]2[C@@H]3CC=C4C[C@@H](C)CC[C@]4(C)[C@H]3CC[C@]12C. The summed E-state index contributed by atoms with van der Waals surface area (Å²) in [4.78, 5) is 13.3. The molecule has 162 valence electrons. The molecule has 0 amide bonds. The standard InChI is InChI=1S/C28H44O/c1-18(2)8-7-9-20(4)26-25(29)17-24-22-11-10-21-16-19(3)12-14-27(21,5)23(22)13-15-28(24,26)6/h8,10,19-20,22-24,26H,7,9,11-17H2,1-6H3/t19-,20+,22+,23-,24-,26-,27-,28-/m0/s1. The molecule has 4 rings (SSSR count). The molecule has 4 aliphatic rings. The minimum absolute atomic E-state index is 0.242. The van der Waals surface area contributed by atoms with Gasteiger partial charge in [-0.1, -0.05) is 51.0 Å². The van der Waals surface area contributed by atoms with Gasteiger partial charge in [0.25, 0.3) is 0 Å². The molecule has 0 unspecified atom stereocenters. The van der Waals surface area contributed by atoms with Crippen molar-refractivity contribution in [2.45, 2.75) is 99.3 Å². The highest BCUT2D eigenvalue weighted by atomic mass is 16.1. The first-order valence-electron chi connectivity index (χ1n) is 12.5. The van der Waals surface area contributed by atoms with E-state index in [0.717, 1.165) is 37.0 Å². The Morgan fingerprint density at radius 3 is 2.66 bits per heavy atom. The van der Waals surface area contributed by atoms with Gasteiger partial charge in [0.15, 0.2) is 0 Å². The molecule has 1 heteroatoms. The van der Waals surface area contributed by atoms with Crippen LogP contribution < -0.4 is 0 Å². The Kier molecular flexibility index (Phi) is 5.67. The Bertz CT molecular complexity index is 710.